The van der Waals surface area contributed by atoms with Gasteiger partial charge in [-0.2, -0.15) is 0 Å². The lowest BCUT2D eigenvalue weighted by Crippen LogP contribution is -2.23. The van der Waals surface area contributed by atoms with Gasteiger partial charge in [-0.15, -0.1) is 11.8 Å². The van der Waals surface area contributed by atoms with Crippen LogP contribution in [-0.4, -0.2) is 83.6 Å². The summed E-state index contributed by atoms with van der Waals surface area (Å²) < 4.78 is 36.0. The zero-order valence-electron chi connectivity index (χ0n) is 46.5. The molecule has 73 heavy (non-hydrogen) atoms. The van der Waals surface area contributed by atoms with Gasteiger partial charge in [0.1, 0.15) is 6.10 Å². The summed E-state index contributed by atoms with van der Waals surface area (Å²) in [6.07, 6.45) is 13.9. The Morgan fingerprint density at radius 1 is 0.685 bits per heavy atom. The monoisotopic (exact) mass is 1170 g/mol. The van der Waals surface area contributed by atoms with Gasteiger partial charge in [0, 0.05) is 28.5 Å². The number of carbonyl (C=O) groups is 3. The van der Waals surface area contributed by atoms with E-state index in [0.717, 1.165) is 61.6 Å². The van der Waals surface area contributed by atoms with Gasteiger partial charge in [0.05, 0.1) is 46.0 Å². The highest BCUT2D eigenvalue weighted by atomic mass is 79.9. The minimum Gasteiger partial charge on any atom is -0.462 e. The average Bonchev–Trinajstić information content (AvgIpc) is 3.70. The van der Waals surface area contributed by atoms with Crippen molar-refractivity contribution < 1.29 is 42.8 Å². The van der Waals surface area contributed by atoms with E-state index in [2.05, 4.69) is 123 Å². The average molecular weight is 1180 g/mol. The minimum absolute atomic E-state index is 0. The number of rotatable bonds is 19. The highest BCUT2D eigenvalue weighted by Gasteiger charge is 2.41. The first kappa shape index (κ1) is 70.1. The van der Waals surface area contributed by atoms with Crippen LogP contribution in [0.5, 0.6) is 0 Å². The van der Waals surface area contributed by atoms with Crippen LogP contribution in [0.25, 0.3) is 12.2 Å². The van der Waals surface area contributed by atoms with Gasteiger partial charge in [-0.3, -0.25) is 0 Å². The molecule has 0 aromatic heterocycles. The Morgan fingerprint density at radius 3 is 1.51 bits per heavy atom. The number of aryl methyl sites for hydroxylation is 4. The number of carbonyl (C=O) groups excluding carboxylic acids is 3. The minimum atomic E-state index is -1.26. The van der Waals surface area contributed by atoms with Gasteiger partial charge in [0.2, 0.25) is 0 Å². The Morgan fingerprint density at radius 2 is 1.11 bits per heavy atom. The molecule has 2 aromatic carbocycles. The lowest BCUT2D eigenvalue weighted by atomic mass is 9.97. The molecule has 0 N–H and O–H groups in total. The van der Waals surface area contributed by atoms with Crippen LogP contribution in [0.4, 0.5) is 0 Å². The molecule has 0 aliphatic carbocycles. The van der Waals surface area contributed by atoms with E-state index in [-0.39, 0.29) is 45.1 Å². The second-order valence-electron chi connectivity index (χ2n) is 22.4. The van der Waals surface area contributed by atoms with Gasteiger partial charge in [0.25, 0.3) is 0 Å². The van der Waals surface area contributed by atoms with Gasteiger partial charge < -0.3 is 33.2 Å². The maximum Gasteiger partial charge on any atom is 0.338 e. The van der Waals surface area contributed by atoms with E-state index in [9.17, 15) is 14.4 Å². The number of esters is 2. The number of ether oxygens (including phenoxy) is 6. The molecular formula is C60H96Br2O9Si2. The van der Waals surface area contributed by atoms with Crippen LogP contribution >= 0.6 is 31.9 Å². The van der Waals surface area contributed by atoms with Crippen LogP contribution < -0.4 is 0 Å². The van der Waals surface area contributed by atoms with Crippen molar-refractivity contribution in [1.82, 2.24) is 0 Å². The number of hydrogen-bond donors (Lipinski definition) is 0. The highest BCUT2D eigenvalue weighted by molar-refractivity contribution is 9.28. The summed E-state index contributed by atoms with van der Waals surface area (Å²) in [6, 6.07) is 9.96. The van der Waals surface area contributed by atoms with Gasteiger partial charge in [-0.1, -0.05) is 154 Å². The maximum absolute atomic E-state index is 12.9. The van der Waals surface area contributed by atoms with E-state index in [1.165, 1.54) is 6.42 Å². The molecule has 2 aliphatic rings. The van der Waals surface area contributed by atoms with Crippen LogP contribution in [0.15, 0.2) is 45.9 Å². The molecule has 3 unspecified atom stereocenters. The summed E-state index contributed by atoms with van der Waals surface area (Å²) in [5, 5.41) is 0. The standard InChI is InChI=1S/C29H44O4Si.C23H34O5Si.C6H10Br2.2CH4/c1-10-21(2)13-11-15-25-26(33-29(5,6)32-25)16-12-14-24-20-22(3)19-23(4)27(24)28(30)31-17-18-34(7,8)9;1-16-13-17(2)21(22(25)26-11-12-29(5,6)7)18(14-16)9-8-10-19-20(15-24)28-23(3,4)27-19;1-3-5(2)4-6(7)8;;/h12,14,19-21,25-26H,10,15-18H2,1-9H3;8-9,13-15,19-20H,10-12H2,1-7H3;4-5H,3H2,1-2H3;2*1H4/b14-12+;9-8+;;;/t21?,25?,26-;19-,20?;5-;;/m000../s1. The Bertz CT molecular complexity index is 2200. The molecule has 2 fully saturated rings. The van der Waals surface area contributed by atoms with Crippen molar-refractivity contribution >= 4 is 78.4 Å². The molecule has 0 bridgehead atoms. The van der Waals surface area contributed by atoms with Crippen LogP contribution in [0, 0.1) is 51.4 Å². The van der Waals surface area contributed by atoms with E-state index in [1.807, 2.05) is 84.0 Å². The predicted octanol–water partition coefficient (Wildman–Crippen LogP) is 17.0. The normalized spacial score (nSPS) is 19.6. The summed E-state index contributed by atoms with van der Waals surface area (Å²) >= 11 is 6.59. The van der Waals surface area contributed by atoms with E-state index in [4.69, 9.17) is 28.4 Å². The third-order valence-electron chi connectivity index (χ3n) is 11.9. The van der Waals surface area contributed by atoms with Crippen molar-refractivity contribution in [2.75, 3.05) is 13.2 Å². The summed E-state index contributed by atoms with van der Waals surface area (Å²) in [4.78, 5) is 36.9. The van der Waals surface area contributed by atoms with Gasteiger partial charge in [-0.25, -0.2) is 9.59 Å². The summed E-state index contributed by atoms with van der Waals surface area (Å²) in [6.45, 7) is 38.6. The first-order valence-electron chi connectivity index (χ1n) is 25.5. The fourth-order valence-electron chi connectivity index (χ4n) is 7.73. The fourth-order valence-corrected chi connectivity index (χ4v) is 10.1. The molecule has 0 amide bonds. The molecule has 13 heteroatoms. The molecule has 0 radical (unpaired) electrons. The van der Waals surface area contributed by atoms with Gasteiger partial charge >= 0.3 is 11.9 Å². The molecule has 9 nitrogen and oxygen atoms in total. The molecule has 0 saturated carbocycles. The first-order valence-corrected chi connectivity index (χ1v) is 34.5. The number of hydrogen-bond acceptors (Lipinski definition) is 9. The van der Waals surface area contributed by atoms with Crippen molar-refractivity contribution in [3.05, 3.63) is 90.4 Å². The molecule has 2 aliphatic heterocycles. The van der Waals surface area contributed by atoms with E-state index < -0.39 is 33.8 Å². The lowest BCUT2D eigenvalue weighted by Gasteiger charge is -2.17. The summed E-state index contributed by atoms with van der Waals surface area (Å²) in [7, 11) is -2.53. The van der Waals surface area contributed by atoms with Crippen molar-refractivity contribution in [2.24, 2.45) is 11.8 Å². The van der Waals surface area contributed by atoms with Gasteiger partial charge in [0.15, 0.2) is 17.9 Å². The summed E-state index contributed by atoms with van der Waals surface area (Å²) in [5.41, 5.74) is 7.00. The molecule has 412 valence electrons. The third kappa shape index (κ3) is 27.1. The van der Waals surface area contributed by atoms with Crippen LogP contribution in [0.1, 0.15) is 156 Å². The molecule has 0 spiro atoms. The first-order chi connectivity index (χ1) is 32.9. The topological polar surface area (TPSA) is 107 Å². The Labute approximate surface area is 463 Å². The Hall–Kier alpha value is -2.94. The number of aldehydes is 1. The second kappa shape index (κ2) is 32.6. The Kier molecular flexibility index (Phi) is 31.3. The smallest absolute Gasteiger partial charge is 0.338 e. The molecule has 4 rings (SSSR count). The van der Waals surface area contributed by atoms with Crippen molar-refractivity contribution in [3.63, 3.8) is 0 Å². The molecule has 2 aromatic rings. The molecular weight excluding hydrogens is 1080 g/mol. The van der Waals surface area contributed by atoms with E-state index in [1.54, 1.807) is 13.8 Å². The summed E-state index contributed by atoms with van der Waals surface area (Å²) in [5.74, 6) is 5.73. The van der Waals surface area contributed by atoms with Crippen LogP contribution in [-0.2, 0) is 33.2 Å². The van der Waals surface area contributed by atoms with Crippen LogP contribution in [0.3, 0.4) is 0 Å². The number of halogens is 2. The third-order valence-corrected chi connectivity index (χ3v) is 15.8. The van der Waals surface area contributed by atoms with Crippen molar-refractivity contribution in [1.29, 1.82) is 0 Å². The highest BCUT2D eigenvalue weighted by Crippen LogP contribution is 2.33. The zero-order chi connectivity index (χ0) is 53.9. The van der Waals surface area contributed by atoms with Gasteiger partial charge in [-0.05, 0) is 147 Å². The molecule has 2 heterocycles. The van der Waals surface area contributed by atoms with E-state index >= 15 is 0 Å². The maximum atomic E-state index is 12.9. The van der Waals surface area contributed by atoms with E-state index in [0.29, 0.717) is 55.4 Å². The molecule has 6 atom stereocenters. The fraction of sp³-hybridized carbons (Fsp3) is 0.617. The number of allylic oxidation sites excluding steroid dienone is 1. The quantitative estimate of drug-likeness (QED) is 0.0588. The molecule has 2 saturated heterocycles. The SMILES string of the molecule is C.C.CCC(C)C#CCC1OC(C)(C)O[C@H]1C/C=C/c1cc(C)cc(C)c1C(=O)OCC[Si](C)(C)C.CC[C@H](C)C=C(Br)Br.Cc1cc(C)c(C(=O)OCC[Si](C)(C)C)c(/C=C/C[C@@H]2OC(C)(C)OC2C=O)c1. The van der Waals surface area contributed by atoms with Crippen molar-refractivity contribution in [2.45, 2.75) is 217 Å². The lowest BCUT2D eigenvalue weighted by molar-refractivity contribution is -0.149. The largest absolute Gasteiger partial charge is 0.462 e. The van der Waals surface area contributed by atoms with Crippen molar-refractivity contribution in [3.8, 4) is 11.8 Å². The Balaban J connectivity index is 0.00000121. The number of benzene rings is 2. The predicted molar refractivity (Wildman–Crippen MR) is 320 cm³/mol. The zero-order valence-corrected chi connectivity index (χ0v) is 51.7. The second-order valence-corrected chi connectivity index (χ2v) is 36.4. The van der Waals surface area contributed by atoms with Crippen LogP contribution in [0.2, 0.25) is 51.4 Å².